The number of carboxylic acids is 1. The summed E-state index contributed by atoms with van der Waals surface area (Å²) in [5.41, 5.74) is -0.000463. The molecule has 19 heavy (non-hydrogen) atoms. The van der Waals surface area contributed by atoms with E-state index in [-0.39, 0.29) is 24.3 Å². The number of carboxylic acid groups (broad SMARTS) is 1. The van der Waals surface area contributed by atoms with Crippen LogP contribution in [0.5, 0.6) is 11.5 Å². The molecule has 3 N–H and O–H groups in total. The molecule has 0 saturated carbocycles. The minimum atomic E-state index is -1.17. The number of hydrogen-bond donors (Lipinski definition) is 3. The molecule has 1 saturated heterocycles. The topological polar surface area (TPSA) is 78.8 Å². The molecule has 0 bridgehead atoms. The highest BCUT2D eigenvalue weighted by Gasteiger charge is 2.33. The van der Waals surface area contributed by atoms with E-state index in [1.54, 1.807) is 0 Å². The van der Waals surface area contributed by atoms with Crippen molar-refractivity contribution in [1.82, 2.24) is 5.32 Å². The Labute approximate surface area is 107 Å². The monoisotopic (exact) mass is 273 g/mol. The third kappa shape index (κ3) is 2.33. The van der Waals surface area contributed by atoms with Gasteiger partial charge in [0, 0.05) is 18.2 Å². The maximum absolute atomic E-state index is 13.8. The van der Waals surface area contributed by atoms with Gasteiger partial charge in [-0.3, -0.25) is 4.79 Å². The number of hydrogen-bond acceptors (Lipinski definition) is 4. The lowest BCUT2D eigenvalue weighted by molar-refractivity contribution is -0.141. The van der Waals surface area contributed by atoms with E-state index < -0.39 is 35.3 Å². The first kappa shape index (κ1) is 13.5. The molecular weight excluding hydrogens is 260 g/mol. The summed E-state index contributed by atoms with van der Waals surface area (Å²) in [5, 5.41) is 21.1. The zero-order valence-electron chi connectivity index (χ0n) is 10.1. The van der Waals surface area contributed by atoms with Crippen LogP contribution in [0.4, 0.5) is 8.78 Å². The number of aromatic hydroxyl groups is 1. The van der Waals surface area contributed by atoms with Gasteiger partial charge in [0.05, 0.1) is 13.0 Å². The zero-order chi connectivity index (χ0) is 14.2. The van der Waals surface area contributed by atoms with Crippen LogP contribution in [0.25, 0.3) is 0 Å². The molecule has 1 aliphatic rings. The average molecular weight is 273 g/mol. The number of rotatable bonds is 3. The second-order valence-corrected chi connectivity index (χ2v) is 4.38. The normalized spacial score (nSPS) is 22.5. The second-order valence-electron chi connectivity index (χ2n) is 4.38. The summed E-state index contributed by atoms with van der Waals surface area (Å²) in [5.74, 6) is -5.28. The van der Waals surface area contributed by atoms with Crippen molar-refractivity contribution >= 4 is 5.97 Å². The first-order chi connectivity index (χ1) is 8.95. The third-order valence-electron chi connectivity index (χ3n) is 3.25. The lowest BCUT2D eigenvalue weighted by Crippen LogP contribution is -2.17. The summed E-state index contributed by atoms with van der Waals surface area (Å²) in [6, 6.07) is 0.535. The van der Waals surface area contributed by atoms with Crippen LogP contribution in [-0.2, 0) is 4.79 Å². The van der Waals surface area contributed by atoms with E-state index in [1.165, 1.54) is 7.11 Å². The number of ether oxygens (including phenoxy) is 1. The van der Waals surface area contributed by atoms with Crippen LogP contribution in [0, 0.1) is 17.6 Å². The van der Waals surface area contributed by atoms with Crippen LogP contribution < -0.4 is 10.1 Å². The minimum Gasteiger partial charge on any atom is -0.503 e. The lowest BCUT2D eigenvalue weighted by Gasteiger charge is -2.15. The molecule has 1 heterocycles. The van der Waals surface area contributed by atoms with Crippen LogP contribution in [0.15, 0.2) is 6.07 Å². The van der Waals surface area contributed by atoms with E-state index in [1.807, 2.05) is 0 Å². The summed E-state index contributed by atoms with van der Waals surface area (Å²) in [6.07, 6.45) is 0.167. The molecule has 1 aromatic rings. The molecule has 104 valence electrons. The van der Waals surface area contributed by atoms with Crippen molar-refractivity contribution in [3.63, 3.8) is 0 Å². The van der Waals surface area contributed by atoms with Gasteiger partial charge >= 0.3 is 5.97 Å². The van der Waals surface area contributed by atoms with E-state index in [0.717, 1.165) is 6.07 Å². The number of halogens is 2. The van der Waals surface area contributed by atoms with Crippen molar-refractivity contribution in [1.29, 1.82) is 0 Å². The molecule has 2 unspecified atom stereocenters. The van der Waals surface area contributed by atoms with Crippen molar-refractivity contribution in [3.8, 4) is 11.5 Å². The Morgan fingerprint density at radius 1 is 1.47 bits per heavy atom. The van der Waals surface area contributed by atoms with E-state index in [2.05, 4.69) is 5.32 Å². The van der Waals surface area contributed by atoms with E-state index in [0.29, 0.717) is 0 Å². The summed E-state index contributed by atoms with van der Waals surface area (Å²) < 4.78 is 31.9. The van der Waals surface area contributed by atoms with Crippen molar-refractivity contribution < 1.29 is 28.5 Å². The highest BCUT2D eigenvalue weighted by molar-refractivity contribution is 5.70. The number of phenols is 1. The van der Waals surface area contributed by atoms with Gasteiger partial charge in [0.1, 0.15) is 0 Å². The number of aliphatic carboxylic acids is 1. The second kappa shape index (κ2) is 5.00. The summed E-state index contributed by atoms with van der Waals surface area (Å²) in [7, 11) is 1.20. The molecule has 0 amide bonds. The Kier molecular flexibility index (Phi) is 3.57. The van der Waals surface area contributed by atoms with Gasteiger partial charge < -0.3 is 20.3 Å². The number of benzene rings is 1. The maximum Gasteiger partial charge on any atom is 0.307 e. The van der Waals surface area contributed by atoms with Crippen LogP contribution in [-0.4, -0.2) is 29.8 Å². The van der Waals surface area contributed by atoms with Crippen LogP contribution >= 0.6 is 0 Å². The quantitative estimate of drug-likeness (QED) is 0.776. The molecule has 1 fully saturated rings. The van der Waals surface area contributed by atoms with E-state index >= 15 is 0 Å². The molecule has 0 aliphatic carbocycles. The lowest BCUT2D eigenvalue weighted by atomic mass is 9.99. The maximum atomic E-state index is 13.8. The molecule has 2 rings (SSSR count). The Morgan fingerprint density at radius 2 is 2.16 bits per heavy atom. The predicted molar refractivity (Wildman–Crippen MR) is 61.1 cm³/mol. The molecule has 1 aromatic carbocycles. The minimum absolute atomic E-state index is 0.000463. The fraction of sp³-hybridized carbons (Fsp3) is 0.417. The largest absolute Gasteiger partial charge is 0.503 e. The zero-order valence-corrected chi connectivity index (χ0v) is 10.1. The Bertz CT molecular complexity index is 521. The molecule has 5 nitrogen and oxygen atoms in total. The molecule has 0 spiro atoms. The first-order valence-electron chi connectivity index (χ1n) is 5.66. The van der Waals surface area contributed by atoms with Crippen LogP contribution in [0.3, 0.4) is 0 Å². The van der Waals surface area contributed by atoms with Gasteiger partial charge in [-0.1, -0.05) is 0 Å². The predicted octanol–water partition coefficient (Wildman–Crippen LogP) is 1.41. The van der Waals surface area contributed by atoms with Gasteiger partial charge in [0.2, 0.25) is 5.82 Å². The highest BCUT2D eigenvalue weighted by Crippen LogP contribution is 2.37. The number of carbonyl (C=O) groups is 1. The Balaban J connectivity index is 2.36. The molecule has 0 aromatic heterocycles. The fourth-order valence-electron chi connectivity index (χ4n) is 2.18. The molecule has 2 atom stereocenters. The van der Waals surface area contributed by atoms with Gasteiger partial charge in [0.15, 0.2) is 17.3 Å². The summed E-state index contributed by atoms with van der Waals surface area (Å²) in [6.45, 7) is 0.194. The smallest absolute Gasteiger partial charge is 0.307 e. The Morgan fingerprint density at radius 3 is 2.68 bits per heavy atom. The van der Waals surface area contributed by atoms with Crippen LogP contribution in [0.1, 0.15) is 18.0 Å². The van der Waals surface area contributed by atoms with Crippen molar-refractivity contribution in [2.75, 3.05) is 13.7 Å². The number of nitrogens with one attached hydrogen (secondary N) is 1. The molecule has 7 heteroatoms. The number of phenolic OH excluding ortho intramolecular Hbond substituents is 1. The molecule has 0 radical (unpaired) electrons. The molecular formula is C12H13F2NO4. The fourth-order valence-corrected chi connectivity index (χ4v) is 2.18. The van der Waals surface area contributed by atoms with Gasteiger partial charge in [-0.25, -0.2) is 4.39 Å². The summed E-state index contributed by atoms with van der Waals surface area (Å²) in [4.78, 5) is 10.8. The van der Waals surface area contributed by atoms with Crippen molar-refractivity contribution in [2.24, 2.45) is 5.92 Å². The first-order valence-corrected chi connectivity index (χ1v) is 5.66. The van der Waals surface area contributed by atoms with Crippen molar-refractivity contribution in [3.05, 3.63) is 23.3 Å². The van der Waals surface area contributed by atoms with Crippen LogP contribution in [0.2, 0.25) is 0 Å². The van der Waals surface area contributed by atoms with Gasteiger partial charge in [-0.2, -0.15) is 4.39 Å². The summed E-state index contributed by atoms with van der Waals surface area (Å²) >= 11 is 0. The van der Waals surface area contributed by atoms with Gasteiger partial charge in [-0.05, 0) is 12.5 Å². The van der Waals surface area contributed by atoms with E-state index in [9.17, 15) is 18.7 Å². The SMILES string of the molecule is COc1cc(C2CC(C(=O)O)CN2)c(F)c(O)c1F. The molecule has 1 aliphatic heterocycles. The highest BCUT2D eigenvalue weighted by atomic mass is 19.1. The third-order valence-corrected chi connectivity index (χ3v) is 3.25. The van der Waals surface area contributed by atoms with E-state index in [4.69, 9.17) is 9.84 Å². The van der Waals surface area contributed by atoms with Gasteiger partial charge in [-0.15, -0.1) is 0 Å². The van der Waals surface area contributed by atoms with Crippen molar-refractivity contribution in [2.45, 2.75) is 12.5 Å². The average Bonchev–Trinajstić information content (AvgIpc) is 2.86. The Hall–Kier alpha value is -1.89. The standard InChI is InChI=1S/C12H13F2NO4/c1-19-8-3-6(9(13)11(16)10(8)14)7-2-5(4-15-7)12(17)18/h3,5,7,15-16H,2,4H2,1H3,(H,17,18). The van der Waals surface area contributed by atoms with Gasteiger partial charge in [0.25, 0.3) is 0 Å². The number of methoxy groups -OCH3 is 1.